The lowest BCUT2D eigenvalue weighted by Gasteiger charge is -2.51. The maximum atomic E-state index is 12.6. The summed E-state index contributed by atoms with van der Waals surface area (Å²) in [5, 5.41) is 3.67. The normalized spacial score (nSPS) is 33.0. The van der Waals surface area contributed by atoms with Gasteiger partial charge in [0.05, 0.1) is 25.1 Å². The fraction of sp³-hybridized carbons (Fsp3) is 0.560. The minimum absolute atomic E-state index is 0.0126. The Balaban J connectivity index is 1.34. The van der Waals surface area contributed by atoms with E-state index in [-0.39, 0.29) is 41.1 Å². The molecule has 0 spiro atoms. The topological polar surface area (TPSA) is 77.5 Å². The quantitative estimate of drug-likeness (QED) is 0.684. The number of esters is 1. The predicted molar refractivity (Wildman–Crippen MR) is 123 cm³/mol. The van der Waals surface area contributed by atoms with Crippen molar-refractivity contribution in [2.45, 2.75) is 58.5 Å². The van der Waals surface area contributed by atoms with E-state index in [0.717, 1.165) is 36.3 Å². The Morgan fingerprint density at radius 1 is 1.28 bits per heavy atom. The van der Waals surface area contributed by atoms with Gasteiger partial charge in [-0.15, -0.1) is 11.3 Å². The van der Waals surface area contributed by atoms with Gasteiger partial charge in [-0.25, -0.2) is 4.98 Å². The molecule has 2 aromatic rings. The summed E-state index contributed by atoms with van der Waals surface area (Å²) in [5.74, 6) is 1.41. The molecule has 1 saturated carbocycles. The van der Waals surface area contributed by atoms with Crippen LogP contribution < -0.4 is 10.1 Å². The van der Waals surface area contributed by atoms with Gasteiger partial charge in [0.1, 0.15) is 11.9 Å². The molecule has 3 aliphatic rings. The molecular weight excluding hydrogens is 424 g/mol. The molecule has 7 heteroatoms. The first kappa shape index (κ1) is 21.4. The van der Waals surface area contributed by atoms with Crippen LogP contribution in [0.2, 0.25) is 0 Å². The highest BCUT2D eigenvalue weighted by Gasteiger charge is 2.58. The summed E-state index contributed by atoms with van der Waals surface area (Å²) in [7, 11) is 1.63. The molecule has 170 valence electrons. The third kappa shape index (κ3) is 3.51. The van der Waals surface area contributed by atoms with Crippen LogP contribution in [0, 0.1) is 23.2 Å². The van der Waals surface area contributed by atoms with Crippen molar-refractivity contribution in [2.75, 3.05) is 12.4 Å². The Labute approximate surface area is 192 Å². The Morgan fingerprint density at radius 2 is 2.03 bits per heavy atom. The molecular formula is C25H30N2O4S. The molecule has 2 aliphatic carbocycles. The van der Waals surface area contributed by atoms with Crippen molar-refractivity contribution in [1.29, 1.82) is 0 Å². The van der Waals surface area contributed by atoms with Crippen molar-refractivity contribution in [3.05, 3.63) is 40.4 Å². The summed E-state index contributed by atoms with van der Waals surface area (Å²) in [4.78, 5) is 31.0. The lowest BCUT2D eigenvalue weighted by Crippen LogP contribution is -2.50. The van der Waals surface area contributed by atoms with Gasteiger partial charge in [-0.05, 0) is 42.4 Å². The number of ether oxygens (including phenoxy) is 2. The highest BCUT2D eigenvalue weighted by Crippen LogP contribution is 2.59. The van der Waals surface area contributed by atoms with Crippen molar-refractivity contribution in [1.82, 2.24) is 4.98 Å². The average molecular weight is 455 g/mol. The van der Waals surface area contributed by atoms with Crippen molar-refractivity contribution in [2.24, 2.45) is 23.2 Å². The van der Waals surface area contributed by atoms with E-state index in [9.17, 15) is 9.59 Å². The molecule has 1 aromatic heterocycles. The van der Waals surface area contributed by atoms with Gasteiger partial charge < -0.3 is 14.8 Å². The number of benzene rings is 1. The van der Waals surface area contributed by atoms with Gasteiger partial charge in [-0.3, -0.25) is 9.59 Å². The second kappa shape index (κ2) is 7.87. The van der Waals surface area contributed by atoms with Crippen LogP contribution in [0.15, 0.2) is 24.3 Å². The Hall–Kier alpha value is -2.41. The molecule has 2 fully saturated rings. The number of fused-ring (bicyclic) bond motifs is 4. The number of aromatic nitrogens is 1. The zero-order chi connectivity index (χ0) is 22.6. The number of nitrogens with one attached hydrogen (secondary N) is 1. The molecule has 2 heterocycles. The van der Waals surface area contributed by atoms with Gasteiger partial charge in [-0.1, -0.05) is 32.9 Å². The lowest BCUT2D eigenvalue weighted by molar-refractivity contribution is -0.149. The van der Waals surface area contributed by atoms with Gasteiger partial charge >= 0.3 is 5.97 Å². The van der Waals surface area contributed by atoms with Crippen LogP contribution in [0.5, 0.6) is 5.75 Å². The lowest BCUT2D eigenvalue weighted by atomic mass is 9.54. The van der Waals surface area contributed by atoms with Gasteiger partial charge in [-0.2, -0.15) is 0 Å². The number of anilines is 1. The van der Waals surface area contributed by atoms with E-state index < -0.39 is 0 Å². The SMILES string of the molecule is COc1ccc(CC(=O)Nc2nc3c(s2)C[C@@]2(C)CC[C@@H]4[C@H](OC(=O)[C@H]4C)[C@H]2[C@@H]3C)cc1. The molecule has 32 heavy (non-hydrogen) atoms. The second-order valence-electron chi connectivity index (χ2n) is 9.94. The highest BCUT2D eigenvalue weighted by molar-refractivity contribution is 7.15. The fourth-order valence-corrected chi connectivity index (χ4v) is 7.50. The van der Waals surface area contributed by atoms with Gasteiger partial charge in [0.25, 0.3) is 0 Å². The van der Waals surface area contributed by atoms with E-state index in [1.807, 2.05) is 31.2 Å². The summed E-state index contributed by atoms with van der Waals surface area (Å²) in [5.41, 5.74) is 2.09. The molecule has 6 nitrogen and oxygen atoms in total. The molecule has 1 aromatic carbocycles. The maximum absolute atomic E-state index is 12.6. The summed E-state index contributed by atoms with van der Waals surface area (Å²) in [6, 6.07) is 7.52. The number of amides is 1. The largest absolute Gasteiger partial charge is 0.497 e. The molecule has 0 unspecified atom stereocenters. The van der Waals surface area contributed by atoms with E-state index >= 15 is 0 Å². The van der Waals surface area contributed by atoms with E-state index in [0.29, 0.717) is 17.5 Å². The standard InChI is InChI=1S/C25H30N2O4S/c1-13-17-9-10-25(3)12-18-21(14(2)20(25)22(17)31-23(13)29)27-24(32-18)26-19(28)11-15-5-7-16(30-4)8-6-15/h5-8,13-14,17,20,22H,9-12H2,1-4H3,(H,26,27,28)/t13-,14-,17-,20+,22-,25+/m0/s1. The number of methoxy groups -OCH3 is 1. The minimum atomic E-state index is -0.0730. The zero-order valence-corrected chi connectivity index (χ0v) is 19.8. The van der Waals surface area contributed by atoms with Gasteiger partial charge in [0.15, 0.2) is 5.13 Å². The Bertz CT molecular complexity index is 1050. The number of thiazole rings is 1. The summed E-state index contributed by atoms with van der Waals surface area (Å²) in [6.45, 7) is 6.56. The van der Waals surface area contributed by atoms with Crippen LogP contribution in [-0.2, 0) is 27.2 Å². The summed E-state index contributed by atoms with van der Waals surface area (Å²) < 4.78 is 11.1. The average Bonchev–Trinajstić information content (AvgIpc) is 3.27. The predicted octanol–water partition coefficient (Wildman–Crippen LogP) is 4.59. The Kier molecular flexibility index (Phi) is 5.27. The van der Waals surface area contributed by atoms with E-state index in [1.54, 1.807) is 18.4 Å². The maximum Gasteiger partial charge on any atom is 0.309 e. The van der Waals surface area contributed by atoms with Gasteiger partial charge in [0.2, 0.25) is 5.91 Å². The zero-order valence-electron chi connectivity index (χ0n) is 19.0. The third-order valence-corrected chi connectivity index (χ3v) is 8.91. The number of carbonyl (C=O) groups excluding carboxylic acids is 2. The summed E-state index contributed by atoms with van der Waals surface area (Å²) in [6.07, 6.45) is 3.34. The number of rotatable bonds is 4. The number of hydrogen-bond acceptors (Lipinski definition) is 6. The minimum Gasteiger partial charge on any atom is -0.497 e. The van der Waals surface area contributed by atoms with Crippen LogP contribution >= 0.6 is 11.3 Å². The summed E-state index contributed by atoms with van der Waals surface area (Å²) >= 11 is 1.59. The molecule has 1 aliphatic heterocycles. The molecule has 1 amide bonds. The van der Waals surface area contributed by atoms with Crippen molar-refractivity contribution in [3.63, 3.8) is 0 Å². The van der Waals surface area contributed by atoms with E-state index in [2.05, 4.69) is 19.2 Å². The van der Waals surface area contributed by atoms with Crippen LogP contribution in [0.1, 0.15) is 55.7 Å². The number of nitrogens with zero attached hydrogens (tertiary/aromatic N) is 1. The molecule has 6 atom stereocenters. The first-order chi connectivity index (χ1) is 15.3. The van der Waals surface area contributed by atoms with Crippen LogP contribution in [0.3, 0.4) is 0 Å². The second-order valence-corrected chi connectivity index (χ2v) is 11.0. The molecule has 0 radical (unpaired) electrons. The number of hydrogen-bond donors (Lipinski definition) is 1. The third-order valence-electron chi connectivity index (χ3n) is 7.93. The van der Waals surface area contributed by atoms with E-state index in [4.69, 9.17) is 14.5 Å². The van der Waals surface area contributed by atoms with Crippen LogP contribution in [0.4, 0.5) is 5.13 Å². The fourth-order valence-electron chi connectivity index (χ4n) is 6.22. The molecule has 1 saturated heterocycles. The first-order valence-electron chi connectivity index (χ1n) is 11.4. The first-order valence-corrected chi connectivity index (χ1v) is 12.2. The Morgan fingerprint density at radius 3 is 2.75 bits per heavy atom. The smallest absolute Gasteiger partial charge is 0.309 e. The van der Waals surface area contributed by atoms with Crippen molar-refractivity contribution >= 4 is 28.3 Å². The van der Waals surface area contributed by atoms with Crippen LogP contribution in [-0.4, -0.2) is 30.1 Å². The van der Waals surface area contributed by atoms with Gasteiger partial charge in [0, 0.05) is 22.6 Å². The molecule has 5 rings (SSSR count). The van der Waals surface area contributed by atoms with Crippen molar-refractivity contribution < 1.29 is 19.1 Å². The number of carbonyl (C=O) groups is 2. The highest BCUT2D eigenvalue weighted by atomic mass is 32.1. The van der Waals surface area contributed by atoms with Crippen LogP contribution in [0.25, 0.3) is 0 Å². The molecule has 1 N–H and O–H groups in total. The molecule has 0 bridgehead atoms. The van der Waals surface area contributed by atoms with Crippen molar-refractivity contribution in [3.8, 4) is 5.75 Å². The monoisotopic (exact) mass is 454 g/mol. The van der Waals surface area contributed by atoms with E-state index in [1.165, 1.54) is 4.88 Å².